The molecule has 186 valence electrons. The zero-order chi connectivity index (χ0) is 25.2. The van der Waals surface area contributed by atoms with E-state index >= 15 is 0 Å². The van der Waals surface area contributed by atoms with Gasteiger partial charge in [-0.3, -0.25) is 9.79 Å². The predicted octanol–water partition coefficient (Wildman–Crippen LogP) is 2.59. The molecule has 0 bridgehead atoms. The van der Waals surface area contributed by atoms with Gasteiger partial charge in [0.25, 0.3) is 0 Å². The van der Waals surface area contributed by atoms with E-state index in [1.54, 1.807) is 12.3 Å². The average molecular weight is 477 g/mol. The van der Waals surface area contributed by atoms with Crippen molar-refractivity contribution in [2.24, 2.45) is 27.4 Å². The van der Waals surface area contributed by atoms with Crippen LogP contribution in [0.1, 0.15) is 39.5 Å². The van der Waals surface area contributed by atoms with Crippen LogP contribution in [0.15, 0.2) is 80.6 Å². The van der Waals surface area contributed by atoms with Crippen LogP contribution in [0.5, 0.6) is 0 Å². The van der Waals surface area contributed by atoms with Crippen LogP contribution in [-0.2, 0) is 4.79 Å². The number of fused-ring (bicyclic) bond motifs is 1. The summed E-state index contributed by atoms with van der Waals surface area (Å²) in [4.78, 5) is 22.8. The summed E-state index contributed by atoms with van der Waals surface area (Å²) < 4.78 is 0. The first-order valence-corrected chi connectivity index (χ1v) is 12.0. The number of hydrogen-bond donors (Lipinski definition) is 5. The molecule has 7 N–H and O–H groups in total. The highest BCUT2D eigenvalue weighted by atomic mass is 16.2. The minimum absolute atomic E-state index is 0.189. The number of amidine groups is 1. The van der Waals surface area contributed by atoms with E-state index in [4.69, 9.17) is 16.9 Å². The number of hydrogen-bond acceptors (Lipinski definition) is 7. The van der Waals surface area contributed by atoms with Crippen LogP contribution in [-0.4, -0.2) is 48.7 Å². The SMILES string of the molecule is CC(C)C(C=N)=CC(N)=NC1=CC=C2NC=C(C(C=NCCCN3CCCCC3=O)=CN)C=C2N1. The lowest BCUT2D eigenvalue weighted by Gasteiger charge is -2.26. The summed E-state index contributed by atoms with van der Waals surface area (Å²) in [5, 5.41) is 14.1. The summed E-state index contributed by atoms with van der Waals surface area (Å²) in [5.74, 6) is 1.37. The predicted molar refractivity (Wildman–Crippen MR) is 143 cm³/mol. The van der Waals surface area contributed by atoms with E-state index in [0.29, 0.717) is 24.6 Å². The van der Waals surface area contributed by atoms with Crippen molar-refractivity contribution in [3.05, 3.63) is 70.6 Å². The molecule has 0 unspecified atom stereocenters. The first-order chi connectivity index (χ1) is 16.9. The van der Waals surface area contributed by atoms with Gasteiger partial charge >= 0.3 is 0 Å². The van der Waals surface area contributed by atoms with Gasteiger partial charge in [-0.25, -0.2) is 4.99 Å². The van der Waals surface area contributed by atoms with Crippen LogP contribution in [0, 0.1) is 11.3 Å². The Morgan fingerprint density at radius 3 is 2.83 bits per heavy atom. The highest BCUT2D eigenvalue weighted by molar-refractivity contribution is 5.97. The number of dihydropyridines is 2. The molecule has 0 atom stereocenters. The second-order valence-electron chi connectivity index (χ2n) is 8.89. The maximum Gasteiger partial charge on any atom is 0.222 e. The fourth-order valence-corrected chi connectivity index (χ4v) is 3.87. The molecule has 3 aliphatic rings. The molecule has 3 heterocycles. The number of carbonyl (C=O) groups excluding carboxylic acids is 1. The third-order valence-electron chi connectivity index (χ3n) is 5.92. The molecule has 35 heavy (non-hydrogen) atoms. The number of piperidine rings is 1. The molecule has 0 aromatic carbocycles. The Kier molecular flexibility index (Phi) is 9.23. The highest BCUT2D eigenvalue weighted by Gasteiger charge is 2.18. The molecule has 1 saturated heterocycles. The summed E-state index contributed by atoms with van der Waals surface area (Å²) >= 11 is 0. The van der Waals surface area contributed by atoms with Gasteiger partial charge in [0.2, 0.25) is 5.91 Å². The van der Waals surface area contributed by atoms with Crippen molar-refractivity contribution in [3.8, 4) is 0 Å². The number of amides is 1. The number of rotatable bonds is 10. The molecule has 3 rings (SSSR count). The molecule has 0 aliphatic carbocycles. The van der Waals surface area contributed by atoms with Crippen LogP contribution in [0.25, 0.3) is 0 Å². The summed E-state index contributed by atoms with van der Waals surface area (Å²) in [6.07, 6.45) is 17.5. The average Bonchev–Trinajstić information content (AvgIpc) is 2.85. The molecular weight excluding hydrogens is 440 g/mol. The lowest BCUT2D eigenvalue weighted by molar-refractivity contribution is -0.133. The monoisotopic (exact) mass is 476 g/mol. The molecule has 9 heteroatoms. The van der Waals surface area contributed by atoms with Crippen LogP contribution in [0.2, 0.25) is 0 Å². The minimum atomic E-state index is 0.189. The molecule has 0 radical (unpaired) electrons. The maximum atomic E-state index is 11.9. The first-order valence-electron chi connectivity index (χ1n) is 12.0. The van der Waals surface area contributed by atoms with Crippen molar-refractivity contribution in [1.29, 1.82) is 5.41 Å². The number of allylic oxidation sites excluding steroid dienone is 6. The van der Waals surface area contributed by atoms with Crippen LogP contribution in [0.3, 0.4) is 0 Å². The van der Waals surface area contributed by atoms with Crippen molar-refractivity contribution in [2.75, 3.05) is 19.6 Å². The summed E-state index contributed by atoms with van der Waals surface area (Å²) in [6, 6.07) is 0. The van der Waals surface area contributed by atoms with E-state index in [9.17, 15) is 4.79 Å². The second kappa shape index (κ2) is 12.5. The Hall–Kier alpha value is -3.88. The molecule has 0 spiro atoms. The maximum absolute atomic E-state index is 11.9. The lowest BCUT2D eigenvalue weighted by Crippen LogP contribution is -2.36. The van der Waals surface area contributed by atoms with Crippen molar-refractivity contribution < 1.29 is 4.79 Å². The smallest absolute Gasteiger partial charge is 0.222 e. The zero-order valence-electron chi connectivity index (χ0n) is 20.6. The van der Waals surface area contributed by atoms with E-state index in [2.05, 4.69) is 20.6 Å². The lowest BCUT2D eigenvalue weighted by atomic mass is 10.0. The van der Waals surface area contributed by atoms with Gasteiger partial charge in [-0.05, 0) is 55.1 Å². The van der Waals surface area contributed by atoms with Crippen LogP contribution >= 0.6 is 0 Å². The third-order valence-corrected chi connectivity index (χ3v) is 5.92. The highest BCUT2D eigenvalue weighted by Crippen LogP contribution is 2.22. The van der Waals surface area contributed by atoms with Crippen molar-refractivity contribution >= 4 is 24.2 Å². The number of nitrogens with two attached hydrogens (primary N) is 2. The second-order valence-corrected chi connectivity index (χ2v) is 8.89. The Balaban J connectivity index is 1.59. The van der Waals surface area contributed by atoms with E-state index in [1.807, 2.05) is 43.2 Å². The zero-order valence-corrected chi connectivity index (χ0v) is 20.6. The summed E-state index contributed by atoms with van der Waals surface area (Å²) in [7, 11) is 0. The van der Waals surface area contributed by atoms with Crippen molar-refractivity contribution in [3.63, 3.8) is 0 Å². The summed E-state index contributed by atoms with van der Waals surface area (Å²) in [5.41, 5.74) is 16.2. The van der Waals surface area contributed by atoms with Crippen LogP contribution < -0.4 is 22.1 Å². The van der Waals surface area contributed by atoms with Gasteiger partial charge in [-0.2, -0.15) is 0 Å². The number of likely N-dealkylation sites (tertiary alicyclic amines) is 1. The molecular formula is C26H36N8O. The Morgan fingerprint density at radius 1 is 1.29 bits per heavy atom. The third kappa shape index (κ3) is 7.30. The summed E-state index contributed by atoms with van der Waals surface area (Å²) in [6.45, 7) is 6.24. The van der Waals surface area contributed by atoms with Gasteiger partial charge < -0.3 is 32.4 Å². The topological polar surface area (TPSA) is 145 Å². The number of nitrogens with zero attached hydrogens (tertiary/aromatic N) is 3. The van der Waals surface area contributed by atoms with E-state index < -0.39 is 0 Å². The minimum Gasteiger partial charge on any atom is -0.404 e. The van der Waals surface area contributed by atoms with Crippen LogP contribution in [0.4, 0.5) is 0 Å². The molecule has 9 nitrogen and oxygen atoms in total. The number of nitrogens with one attached hydrogen (secondary N) is 3. The standard InChI is InChI=1S/C26H36N8O/c1-18(2)19(14-27)13-24(29)33-25-8-7-22-23(32-25)12-20(17-31-22)21(15-28)16-30-9-5-11-34-10-4-3-6-26(34)35/h7-8,12-18,27,31-32H,3-6,9-11,28H2,1-2H3,(H2,29,33). The Bertz CT molecular complexity index is 1070. The van der Waals surface area contributed by atoms with Gasteiger partial charge in [-0.1, -0.05) is 13.8 Å². The quantitative estimate of drug-likeness (QED) is 0.187. The van der Waals surface area contributed by atoms with E-state index in [1.165, 1.54) is 12.4 Å². The van der Waals surface area contributed by atoms with Crippen molar-refractivity contribution in [1.82, 2.24) is 15.5 Å². The number of carbonyl (C=O) groups is 1. The molecule has 3 aliphatic heterocycles. The van der Waals surface area contributed by atoms with Gasteiger partial charge in [0, 0.05) is 62.0 Å². The molecule has 0 aromatic rings. The van der Waals surface area contributed by atoms with Gasteiger partial charge in [0.1, 0.15) is 11.7 Å². The molecule has 1 amide bonds. The van der Waals surface area contributed by atoms with E-state index in [0.717, 1.165) is 60.5 Å². The van der Waals surface area contributed by atoms with E-state index in [-0.39, 0.29) is 11.8 Å². The fraction of sp³-hybridized carbons (Fsp3) is 0.385. The van der Waals surface area contributed by atoms with Gasteiger partial charge in [-0.15, -0.1) is 0 Å². The largest absolute Gasteiger partial charge is 0.404 e. The fourth-order valence-electron chi connectivity index (χ4n) is 3.87. The van der Waals surface area contributed by atoms with Gasteiger partial charge in [0.15, 0.2) is 0 Å². The normalized spacial score (nSPS) is 19.5. The Labute approximate surface area is 207 Å². The number of aliphatic imine (C=N–C) groups is 2. The first kappa shape index (κ1) is 25.7. The van der Waals surface area contributed by atoms with Gasteiger partial charge in [0.05, 0.1) is 11.4 Å². The molecule has 1 fully saturated rings. The molecule has 0 aromatic heterocycles. The Morgan fingerprint density at radius 2 is 2.11 bits per heavy atom. The van der Waals surface area contributed by atoms with Crippen molar-refractivity contribution in [2.45, 2.75) is 39.5 Å². The molecule has 0 saturated carbocycles.